The van der Waals surface area contributed by atoms with Crippen molar-refractivity contribution in [3.63, 3.8) is 0 Å². The maximum Gasteiger partial charge on any atom is 0.317 e. The fourth-order valence-corrected chi connectivity index (χ4v) is 5.12. The van der Waals surface area contributed by atoms with Gasteiger partial charge in [0.05, 0.1) is 6.54 Å². The average Bonchev–Trinajstić information content (AvgIpc) is 2.65. The molecule has 0 atom stereocenters. The summed E-state index contributed by atoms with van der Waals surface area (Å²) < 4.78 is 38.6. The molecule has 1 N–H and O–H groups in total. The van der Waals surface area contributed by atoms with Gasteiger partial charge in [0, 0.05) is 19.1 Å². The molecule has 0 radical (unpaired) electrons. The Kier molecular flexibility index (Phi) is 5.69. The van der Waals surface area contributed by atoms with Crippen molar-refractivity contribution in [2.24, 2.45) is 0 Å². The number of carbonyl (C=O) groups is 1. The molecule has 8 nitrogen and oxygen atoms in total. The zero-order valence-electron chi connectivity index (χ0n) is 14.8. The third-order valence-corrected chi connectivity index (χ3v) is 6.75. The highest BCUT2D eigenvalue weighted by molar-refractivity contribution is 7.89. The molecule has 0 spiro atoms. The monoisotopic (exact) mass is 384 g/mol. The maximum absolute atomic E-state index is 13.1. The topological polar surface area (TPSA) is 96.4 Å². The average molecular weight is 384 g/mol. The van der Waals surface area contributed by atoms with Gasteiger partial charge in [-0.1, -0.05) is 13.0 Å². The second-order valence-corrected chi connectivity index (χ2v) is 8.28. The summed E-state index contributed by atoms with van der Waals surface area (Å²) >= 11 is 0. The summed E-state index contributed by atoms with van der Waals surface area (Å²) in [7, 11) is -3.69. The molecule has 1 aromatic carbocycles. The van der Waals surface area contributed by atoms with E-state index in [2.05, 4.69) is 0 Å². The summed E-state index contributed by atoms with van der Waals surface area (Å²) in [5.41, 5.74) is 0. The minimum atomic E-state index is -3.69. The van der Waals surface area contributed by atoms with Crippen molar-refractivity contribution in [1.82, 2.24) is 9.21 Å². The first kappa shape index (κ1) is 18.9. The molecule has 2 heterocycles. The van der Waals surface area contributed by atoms with Crippen LogP contribution in [0.15, 0.2) is 23.1 Å². The Bertz CT molecular complexity index is 759. The van der Waals surface area contributed by atoms with E-state index in [0.29, 0.717) is 51.4 Å². The van der Waals surface area contributed by atoms with Gasteiger partial charge in [-0.05, 0) is 31.5 Å². The van der Waals surface area contributed by atoms with Gasteiger partial charge in [0.15, 0.2) is 11.5 Å². The number of sulfonamides is 1. The molecule has 144 valence electrons. The fourth-order valence-electron chi connectivity index (χ4n) is 3.51. The van der Waals surface area contributed by atoms with Crippen LogP contribution in [0.2, 0.25) is 0 Å². The highest BCUT2D eigenvalue weighted by atomic mass is 32.2. The van der Waals surface area contributed by atoms with Crippen LogP contribution in [0, 0.1) is 0 Å². The van der Waals surface area contributed by atoms with E-state index in [1.165, 1.54) is 10.4 Å². The van der Waals surface area contributed by atoms with Crippen molar-refractivity contribution in [2.75, 3.05) is 39.4 Å². The molecule has 0 aromatic heterocycles. The Balaban J connectivity index is 1.74. The van der Waals surface area contributed by atoms with Crippen molar-refractivity contribution in [3.05, 3.63) is 18.2 Å². The molecule has 0 aliphatic carbocycles. The number of para-hydroxylation sites is 1. The van der Waals surface area contributed by atoms with Gasteiger partial charge in [0.2, 0.25) is 10.0 Å². The quantitative estimate of drug-likeness (QED) is 0.782. The fraction of sp³-hybridized carbons (Fsp3) is 0.588. The summed E-state index contributed by atoms with van der Waals surface area (Å²) in [6.07, 6.45) is 1.21. The van der Waals surface area contributed by atoms with Crippen LogP contribution < -0.4 is 9.47 Å². The lowest BCUT2D eigenvalue weighted by atomic mass is 10.0. The molecular weight excluding hydrogens is 360 g/mol. The van der Waals surface area contributed by atoms with E-state index in [4.69, 9.17) is 14.6 Å². The first-order valence-electron chi connectivity index (χ1n) is 8.78. The van der Waals surface area contributed by atoms with Crippen molar-refractivity contribution < 1.29 is 27.8 Å². The third kappa shape index (κ3) is 3.79. The van der Waals surface area contributed by atoms with Crippen LogP contribution in [0.25, 0.3) is 0 Å². The van der Waals surface area contributed by atoms with Crippen LogP contribution >= 0.6 is 0 Å². The van der Waals surface area contributed by atoms with Crippen molar-refractivity contribution in [2.45, 2.75) is 30.7 Å². The van der Waals surface area contributed by atoms with Crippen LogP contribution in [0.1, 0.15) is 19.8 Å². The highest BCUT2D eigenvalue weighted by Gasteiger charge is 2.34. The van der Waals surface area contributed by atoms with Gasteiger partial charge < -0.3 is 14.6 Å². The Morgan fingerprint density at radius 1 is 1.27 bits per heavy atom. The molecule has 2 aliphatic rings. The Hall–Kier alpha value is -1.84. The first-order valence-corrected chi connectivity index (χ1v) is 10.2. The number of fused-ring (bicyclic) bond motifs is 1. The lowest BCUT2D eigenvalue weighted by molar-refractivity contribution is -0.139. The number of ether oxygens (including phenoxy) is 2. The first-order chi connectivity index (χ1) is 12.4. The van der Waals surface area contributed by atoms with Crippen LogP contribution in [-0.2, 0) is 14.8 Å². The standard InChI is InChI=1S/C17H24N2O6S/c1-2-18(12-16(20)21)13-6-8-19(9-7-13)26(22,23)15-5-3-4-14-17(15)25-11-10-24-14/h3-5,13H,2,6-12H2,1H3,(H,20,21). The Morgan fingerprint density at radius 2 is 1.96 bits per heavy atom. The van der Waals surface area contributed by atoms with E-state index in [1.807, 2.05) is 11.8 Å². The Morgan fingerprint density at radius 3 is 2.62 bits per heavy atom. The summed E-state index contributed by atoms with van der Waals surface area (Å²) in [6.45, 7) is 3.95. The highest BCUT2D eigenvalue weighted by Crippen LogP contribution is 2.38. The second-order valence-electron chi connectivity index (χ2n) is 6.37. The zero-order valence-corrected chi connectivity index (χ0v) is 15.6. The molecule has 0 amide bonds. The van der Waals surface area contributed by atoms with Crippen LogP contribution in [0.3, 0.4) is 0 Å². The molecule has 3 rings (SSSR count). The van der Waals surface area contributed by atoms with Gasteiger partial charge in [-0.15, -0.1) is 0 Å². The number of hydrogen-bond donors (Lipinski definition) is 1. The molecule has 1 fully saturated rings. The minimum absolute atomic E-state index is 0.0225. The lowest BCUT2D eigenvalue weighted by Gasteiger charge is -2.37. The van der Waals surface area contributed by atoms with Gasteiger partial charge in [0.1, 0.15) is 18.1 Å². The molecule has 2 aliphatic heterocycles. The summed E-state index contributed by atoms with van der Waals surface area (Å²) in [5.74, 6) is -0.136. The summed E-state index contributed by atoms with van der Waals surface area (Å²) in [5, 5.41) is 9.01. The maximum atomic E-state index is 13.1. The smallest absolute Gasteiger partial charge is 0.317 e. The summed E-state index contributed by atoms with van der Waals surface area (Å²) in [6, 6.07) is 4.97. The number of benzene rings is 1. The number of aliphatic carboxylic acids is 1. The van der Waals surface area contributed by atoms with Crippen LogP contribution in [0.4, 0.5) is 0 Å². The molecule has 0 bridgehead atoms. The van der Waals surface area contributed by atoms with Crippen LogP contribution in [0.5, 0.6) is 11.5 Å². The number of likely N-dealkylation sites (N-methyl/N-ethyl adjacent to an activating group) is 1. The van der Waals surface area contributed by atoms with Crippen molar-refractivity contribution in [3.8, 4) is 11.5 Å². The molecule has 9 heteroatoms. The van der Waals surface area contributed by atoms with E-state index in [0.717, 1.165) is 0 Å². The number of carboxylic acid groups (broad SMARTS) is 1. The van der Waals surface area contributed by atoms with E-state index >= 15 is 0 Å². The van der Waals surface area contributed by atoms with Crippen molar-refractivity contribution in [1.29, 1.82) is 0 Å². The van der Waals surface area contributed by atoms with Gasteiger partial charge >= 0.3 is 5.97 Å². The van der Waals surface area contributed by atoms with E-state index in [-0.39, 0.29) is 23.2 Å². The van der Waals surface area contributed by atoms with Gasteiger partial charge in [0.25, 0.3) is 0 Å². The number of nitrogens with zero attached hydrogens (tertiary/aromatic N) is 2. The predicted octanol–water partition coefficient (Wildman–Crippen LogP) is 1.02. The molecule has 0 saturated carbocycles. The van der Waals surface area contributed by atoms with E-state index in [9.17, 15) is 13.2 Å². The molecular formula is C17H24N2O6S. The van der Waals surface area contributed by atoms with Crippen molar-refractivity contribution >= 4 is 16.0 Å². The second kappa shape index (κ2) is 7.81. The van der Waals surface area contributed by atoms with Crippen LogP contribution in [-0.4, -0.2) is 74.1 Å². The molecule has 0 unspecified atom stereocenters. The predicted molar refractivity (Wildman–Crippen MR) is 94.1 cm³/mol. The van der Waals surface area contributed by atoms with Gasteiger partial charge in [-0.2, -0.15) is 4.31 Å². The Labute approximate surface area is 153 Å². The van der Waals surface area contributed by atoms with Gasteiger partial charge in [-0.25, -0.2) is 8.42 Å². The largest absolute Gasteiger partial charge is 0.486 e. The van der Waals surface area contributed by atoms with Gasteiger partial charge in [-0.3, -0.25) is 9.69 Å². The molecule has 26 heavy (non-hydrogen) atoms. The minimum Gasteiger partial charge on any atom is -0.486 e. The summed E-state index contributed by atoms with van der Waals surface area (Å²) in [4.78, 5) is 13.0. The number of piperidine rings is 1. The lowest BCUT2D eigenvalue weighted by Crippen LogP contribution is -2.48. The number of hydrogen-bond acceptors (Lipinski definition) is 6. The SMILES string of the molecule is CCN(CC(=O)O)C1CCN(S(=O)(=O)c2cccc3c2OCCO3)CC1. The number of rotatable bonds is 6. The third-order valence-electron chi connectivity index (χ3n) is 4.83. The molecule has 1 saturated heterocycles. The zero-order chi connectivity index (χ0) is 18.7. The normalized spacial score (nSPS) is 18.8. The molecule has 1 aromatic rings. The van der Waals surface area contributed by atoms with E-state index in [1.54, 1.807) is 12.1 Å². The number of carboxylic acids is 1. The van der Waals surface area contributed by atoms with E-state index < -0.39 is 16.0 Å².